The van der Waals surface area contributed by atoms with Gasteiger partial charge in [-0.05, 0) is 24.8 Å². The van der Waals surface area contributed by atoms with E-state index in [1.54, 1.807) is 6.20 Å². The van der Waals surface area contributed by atoms with Crippen LogP contribution in [0.1, 0.15) is 44.7 Å². The molecule has 5 heteroatoms. The van der Waals surface area contributed by atoms with Gasteiger partial charge in [-0.3, -0.25) is 0 Å². The Morgan fingerprint density at radius 2 is 2.29 bits per heavy atom. The summed E-state index contributed by atoms with van der Waals surface area (Å²) in [6, 6.07) is 1.86. The minimum atomic E-state index is -0.466. The standard InChI is InChI=1S/C16H27N3O2/c1-2-13-5-3-4-6-16(13)21-11-15(20)10-18-9-14-7-8-17-12-19-14/h7-8,12-13,15-16,18,20H,2-6,9-11H2,1H3. The van der Waals surface area contributed by atoms with Gasteiger partial charge >= 0.3 is 0 Å². The number of aliphatic hydroxyl groups excluding tert-OH is 1. The summed E-state index contributed by atoms with van der Waals surface area (Å²) in [6.07, 6.45) is 9.27. The molecule has 1 aliphatic carbocycles. The molecule has 0 saturated heterocycles. The molecular formula is C16H27N3O2. The highest BCUT2D eigenvalue weighted by Crippen LogP contribution is 2.29. The molecule has 1 aromatic heterocycles. The van der Waals surface area contributed by atoms with Crippen molar-refractivity contribution >= 4 is 0 Å². The monoisotopic (exact) mass is 293 g/mol. The number of ether oxygens (including phenoxy) is 1. The molecule has 118 valence electrons. The lowest BCUT2D eigenvalue weighted by Gasteiger charge is -2.31. The van der Waals surface area contributed by atoms with Crippen molar-refractivity contribution in [2.45, 2.75) is 57.8 Å². The van der Waals surface area contributed by atoms with Crippen molar-refractivity contribution in [2.24, 2.45) is 5.92 Å². The zero-order valence-electron chi connectivity index (χ0n) is 12.9. The quantitative estimate of drug-likeness (QED) is 0.766. The van der Waals surface area contributed by atoms with Crippen LogP contribution in [0, 0.1) is 5.92 Å². The van der Waals surface area contributed by atoms with Crippen molar-refractivity contribution in [3.63, 3.8) is 0 Å². The smallest absolute Gasteiger partial charge is 0.115 e. The predicted octanol–water partition coefficient (Wildman–Crippen LogP) is 1.91. The van der Waals surface area contributed by atoms with Gasteiger partial charge in [-0.15, -0.1) is 0 Å². The van der Waals surface area contributed by atoms with E-state index < -0.39 is 6.10 Å². The van der Waals surface area contributed by atoms with Gasteiger partial charge in [0.15, 0.2) is 0 Å². The summed E-state index contributed by atoms with van der Waals surface area (Å²) in [4.78, 5) is 8.01. The molecule has 0 aliphatic heterocycles. The first-order valence-electron chi connectivity index (χ1n) is 8.05. The Labute approximate surface area is 127 Å². The fraction of sp³-hybridized carbons (Fsp3) is 0.750. The van der Waals surface area contributed by atoms with Gasteiger partial charge in [0.05, 0.1) is 24.5 Å². The molecule has 0 amide bonds. The zero-order valence-corrected chi connectivity index (χ0v) is 12.9. The number of hydrogen-bond donors (Lipinski definition) is 2. The highest BCUT2D eigenvalue weighted by atomic mass is 16.5. The first-order valence-corrected chi connectivity index (χ1v) is 8.05. The Kier molecular flexibility index (Phi) is 7.06. The highest BCUT2D eigenvalue weighted by molar-refractivity contribution is 4.96. The average molecular weight is 293 g/mol. The molecule has 1 fully saturated rings. The maximum absolute atomic E-state index is 10.00. The van der Waals surface area contributed by atoms with Crippen molar-refractivity contribution in [3.8, 4) is 0 Å². The van der Waals surface area contributed by atoms with Gasteiger partial charge in [0.25, 0.3) is 0 Å². The van der Waals surface area contributed by atoms with E-state index in [0.717, 1.165) is 12.1 Å². The maximum atomic E-state index is 10.00. The third-order valence-electron chi connectivity index (χ3n) is 4.20. The van der Waals surface area contributed by atoms with Crippen molar-refractivity contribution < 1.29 is 9.84 Å². The second kappa shape index (κ2) is 9.07. The summed E-state index contributed by atoms with van der Waals surface area (Å²) in [7, 11) is 0. The SMILES string of the molecule is CCC1CCCCC1OCC(O)CNCc1ccncn1. The van der Waals surface area contributed by atoms with Gasteiger partial charge in [-0.1, -0.05) is 26.2 Å². The van der Waals surface area contributed by atoms with Crippen molar-refractivity contribution in [2.75, 3.05) is 13.2 Å². The normalized spacial score (nSPS) is 23.9. The van der Waals surface area contributed by atoms with Crippen LogP contribution < -0.4 is 5.32 Å². The number of nitrogens with one attached hydrogen (secondary N) is 1. The fourth-order valence-electron chi connectivity index (χ4n) is 2.94. The first-order chi connectivity index (χ1) is 10.3. The molecule has 1 heterocycles. The molecular weight excluding hydrogens is 266 g/mol. The third kappa shape index (κ3) is 5.69. The number of nitrogens with zero attached hydrogens (tertiary/aromatic N) is 2. The second-order valence-corrected chi connectivity index (χ2v) is 5.81. The van der Waals surface area contributed by atoms with E-state index in [2.05, 4.69) is 22.2 Å². The van der Waals surface area contributed by atoms with E-state index in [9.17, 15) is 5.11 Å². The Morgan fingerprint density at radius 1 is 1.43 bits per heavy atom. The van der Waals surface area contributed by atoms with Gasteiger partial charge in [0, 0.05) is 19.3 Å². The van der Waals surface area contributed by atoms with Gasteiger partial charge in [-0.25, -0.2) is 9.97 Å². The summed E-state index contributed by atoms with van der Waals surface area (Å²) in [5.41, 5.74) is 0.927. The van der Waals surface area contributed by atoms with E-state index in [1.807, 2.05) is 6.07 Å². The molecule has 0 aromatic carbocycles. The minimum Gasteiger partial charge on any atom is -0.389 e. The molecule has 2 N–H and O–H groups in total. The van der Waals surface area contributed by atoms with Crippen LogP contribution in [0.15, 0.2) is 18.6 Å². The van der Waals surface area contributed by atoms with E-state index in [1.165, 1.54) is 32.0 Å². The lowest BCUT2D eigenvalue weighted by molar-refractivity contribution is -0.0499. The Morgan fingerprint density at radius 3 is 3.05 bits per heavy atom. The van der Waals surface area contributed by atoms with Crippen molar-refractivity contribution in [1.82, 2.24) is 15.3 Å². The van der Waals surface area contributed by atoms with Crippen molar-refractivity contribution in [1.29, 1.82) is 0 Å². The van der Waals surface area contributed by atoms with E-state index in [0.29, 0.717) is 31.7 Å². The van der Waals surface area contributed by atoms with Crippen molar-refractivity contribution in [3.05, 3.63) is 24.3 Å². The molecule has 3 atom stereocenters. The van der Waals surface area contributed by atoms with Crippen LogP contribution >= 0.6 is 0 Å². The van der Waals surface area contributed by atoms with Crippen LogP contribution in [0.4, 0.5) is 0 Å². The summed E-state index contributed by atoms with van der Waals surface area (Å²) in [5, 5.41) is 13.2. The molecule has 5 nitrogen and oxygen atoms in total. The number of aliphatic hydroxyl groups is 1. The summed E-state index contributed by atoms with van der Waals surface area (Å²) in [5.74, 6) is 0.667. The van der Waals surface area contributed by atoms with Crippen LogP contribution in [-0.4, -0.2) is 40.4 Å². The largest absolute Gasteiger partial charge is 0.389 e. The van der Waals surface area contributed by atoms with E-state index in [4.69, 9.17) is 4.74 Å². The van der Waals surface area contributed by atoms with Crippen LogP contribution in [0.2, 0.25) is 0 Å². The number of aromatic nitrogens is 2. The predicted molar refractivity (Wildman–Crippen MR) is 81.7 cm³/mol. The topological polar surface area (TPSA) is 67.3 Å². The Balaban J connectivity index is 1.61. The van der Waals surface area contributed by atoms with Gasteiger partial charge in [-0.2, -0.15) is 0 Å². The molecule has 2 rings (SSSR count). The molecule has 1 aliphatic rings. The fourth-order valence-corrected chi connectivity index (χ4v) is 2.94. The van der Waals surface area contributed by atoms with Crippen LogP contribution in [-0.2, 0) is 11.3 Å². The molecule has 0 spiro atoms. The van der Waals surface area contributed by atoms with Crippen LogP contribution in [0.25, 0.3) is 0 Å². The maximum Gasteiger partial charge on any atom is 0.115 e. The van der Waals surface area contributed by atoms with Crippen LogP contribution in [0.5, 0.6) is 0 Å². The minimum absolute atomic E-state index is 0.334. The molecule has 1 saturated carbocycles. The Bertz CT molecular complexity index is 388. The molecule has 3 unspecified atom stereocenters. The lowest BCUT2D eigenvalue weighted by Crippen LogP contribution is -2.35. The molecule has 0 radical (unpaired) electrons. The second-order valence-electron chi connectivity index (χ2n) is 5.81. The third-order valence-corrected chi connectivity index (χ3v) is 4.20. The summed E-state index contributed by atoms with van der Waals surface area (Å²) < 4.78 is 5.94. The molecule has 1 aromatic rings. The van der Waals surface area contributed by atoms with Gasteiger partial charge in [0.1, 0.15) is 6.33 Å². The first kappa shape index (κ1) is 16.3. The zero-order chi connectivity index (χ0) is 14.9. The Hall–Kier alpha value is -1.04. The van der Waals surface area contributed by atoms with Gasteiger partial charge < -0.3 is 15.2 Å². The van der Waals surface area contributed by atoms with Gasteiger partial charge in [0.2, 0.25) is 0 Å². The summed E-state index contributed by atoms with van der Waals surface area (Å²) >= 11 is 0. The average Bonchev–Trinajstić information content (AvgIpc) is 2.54. The highest BCUT2D eigenvalue weighted by Gasteiger charge is 2.24. The number of rotatable bonds is 8. The molecule has 21 heavy (non-hydrogen) atoms. The molecule has 0 bridgehead atoms. The number of hydrogen-bond acceptors (Lipinski definition) is 5. The van der Waals surface area contributed by atoms with E-state index >= 15 is 0 Å². The van der Waals surface area contributed by atoms with Crippen LogP contribution in [0.3, 0.4) is 0 Å². The lowest BCUT2D eigenvalue weighted by atomic mass is 9.85. The van der Waals surface area contributed by atoms with E-state index in [-0.39, 0.29) is 0 Å². The summed E-state index contributed by atoms with van der Waals surface area (Å²) in [6.45, 7) is 3.80.